The number of nitrogens with one attached hydrogen (secondary N) is 1. The van der Waals surface area contributed by atoms with E-state index in [2.05, 4.69) is 20.6 Å². The average Bonchev–Trinajstić information content (AvgIpc) is 2.79. The van der Waals surface area contributed by atoms with Crippen LogP contribution in [0.25, 0.3) is 5.65 Å². The van der Waals surface area contributed by atoms with E-state index in [9.17, 15) is 4.79 Å². The maximum absolute atomic E-state index is 12.3. The first-order chi connectivity index (χ1) is 12.1. The van der Waals surface area contributed by atoms with Gasteiger partial charge in [0.25, 0.3) is 0 Å². The van der Waals surface area contributed by atoms with Gasteiger partial charge in [-0.1, -0.05) is 25.7 Å². The van der Waals surface area contributed by atoms with E-state index in [1.807, 2.05) is 19.9 Å². The Morgan fingerprint density at radius 2 is 2.00 bits per heavy atom. The van der Waals surface area contributed by atoms with Crippen LogP contribution in [0.4, 0.5) is 0 Å². The van der Waals surface area contributed by atoms with Crippen LogP contribution in [0.5, 0.6) is 5.88 Å². The second kappa shape index (κ2) is 8.27. The van der Waals surface area contributed by atoms with Gasteiger partial charge in [-0.3, -0.25) is 4.79 Å². The molecule has 0 radical (unpaired) electrons. The maximum atomic E-state index is 12.3. The van der Waals surface area contributed by atoms with Gasteiger partial charge in [0, 0.05) is 24.9 Å². The highest BCUT2D eigenvalue weighted by Gasteiger charge is 2.16. The third-order valence-corrected chi connectivity index (χ3v) is 4.46. The van der Waals surface area contributed by atoms with E-state index in [1.54, 1.807) is 10.6 Å². The summed E-state index contributed by atoms with van der Waals surface area (Å²) in [7, 11) is 0. The van der Waals surface area contributed by atoms with Crippen LogP contribution in [-0.2, 0) is 11.2 Å². The van der Waals surface area contributed by atoms with E-state index >= 15 is 0 Å². The third-order valence-electron chi connectivity index (χ3n) is 4.46. The lowest BCUT2D eigenvalue weighted by Crippen LogP contribution is -2.34. The molecule has 0 saturated heterocycles. The fourth-order valence-electron chi connectivity index (χ4n) is 3.23. The lowest BCUT2D eigenvalue weighted by molar-refractivity contribution is -0.121. The normalized spacial score (nSPS) is 16.1. The molecular formula is C18H27N5O2. The molecule has 0 spiro atoms. The van der Waals surface area contributed by atoms with Crippen LogP contribution in [0.3, 0.4) is 0 Å². The van der Waals surface area contributed by atoms with E-state index in [-0.39, 0.29) is 12.0 Å². The topological polar surface area (TPSA) is 81.4 Å². The van der Waals surface area contributed by atoms with Crippen LogP contribution in [-0.4, -0.2) is 37.9 Å². The quantitative estimate of drug-likeness (QED) is 0.814. The van der Waals surface area contributed by atoms with Crippen LogP contribution >= 0.6 is 0 Å². The number of rotatable bonds is 6. The number of carbonyl (C=O) groups is 1. The Morgan fingerprint density at radius 3 is 2.72 bits per heavy atom. The van der Waals surface area contributed by atoms with Gasteiger partial charge in [0.15, 0.2) is 11.5 Å². The third kappa shape index (κ3) is 4.90. The largest absolute Gasteiger partial charge is 0.474 e. The van der Waals surface area contributed by atoms with Gasteiger partial charge in [-0.05, 0) is 32.8 Å². The molecule has 7 nitrogen and oxygen atoms in total. The van der Waals surface area contributed by atoms with Gasteiger partial charge in [-0.15, -0.1) is 15.3 Å². The number of fused-ring (bicyclic) bond motifs is 1. The highest BCUT2D eigenvalue weighted by Crippen LogP contribution is 2.17. The van der Waals surface area contributed by atoms with Crippen LogP contribution in [0.1, 0.15) is 64.6 Å². The zero-order chi connectivity index (χ0) is 17.6. The molecule has 0 aromatic carbocycles. The second-order valence-electron chi connectivity index (χ2n) is 6.98. The minimum atomic E-state index is 0.0511. The minimum Gasteiger partial charge on any atom is -0.474 e. The first-order valence-corrected chi connectivity index (χ1v) is 9.29. The Hall–Kier alpha value is -2.18. The Kier molecular flexibility index (Phi) is 5.83. The van der Waals surface area contributed by atoms with E-state index < -0.39 is 0 Å². The van der Waals surface area contributed by atoms with E-state index in [0.717, 1.165) is 12.8 Å². The van der Waals surface area contributed by atoms with Crippen LogP contribution in [0.15, 0.2) is 12.1 Å². The monoisotopic (exact) mass is 345 g/mol. The van der Waals surface area contributed by atoms with Gasteiger partial charge in [0.05, 0.1) is 6.10 Å². The number of aromatic nitrogens is 4. The van der Waals surface area contributed by atoms with Crippen molar-refractivity contribution in [3.63, 3.8) is 0 Å². The summed E-state index contributed by atoms with van der Waals surface area (Å²) in [5.41, 5.74) is 0.662. The summed E-state index contributed by atoms with van der Waals surface area (Å²) in [6.45, 7) is 3.91. The molecule has 2 aromatic rings. The van der Waals surface area contributed by atoms with Gasteiger partial charge in [0.2, 0.25) is 11.8 Å². The second-order valence-corrected chi connectivity index (χ2v) is 6.98. The van der Waals surface area contributed by atoms with Crippen molar-refractivity contribution in [2.45, 2.75) is 77.4 Å². The van der Waals surface area contributed by atoms with Gasteiger partial charge in [0.1, 0.15) is 0 Å². The molecule has 1 N–H and O–H groups in total. The summed E-state index contributed by atoms with van der Waals surface area (Å²) in [6.07, 6.45) is 8.13. The molecule has 136 valence electrons. The summed E-state index contributed by atoms with van der Waals surface area (Å²) in [4.78, 5) is 12.3. The summed E-state index contributed by atoms with van der Waals surface area (Å²) >= 11 is 0. The minimum absolute atomic E-state index is 0.0511. The molecule has 0 bridgehead atoms. The molecule has 1 aliphatic rings. The molecule has 2 aromatic heterocycles. The molecule has 0 aliphatic heterocycles. The van der Waals surface area contributed by atoms with Crippen molar-refractivity contribution in [2.75, 3.05) is 0 Å². The Labute approximate surface area is 148 Å². The molecule has 3 rings (SSSR count). The number of hydrogen-bond donors (Lipinski definition) is 1. The molecule has 1 aliphatic carbocycles. The molecule has 2 heterocycles. The van der Waals surface area contributed by atoms with E-state index in [0.29, 0.717) is 36.2 Å². The van der Waals surface area contributed by atoms with Crippen molar-refractivity contribution in [2.24, 2.45) is 0 Å². The predicted octanol–water partition coefficient (Wildman–Crippen LogP) is 2.68. The highest BCUT2D eigenvalue weighted by atomic mass is 16.5. The number of amides is 1. The molecule has 25 heavy (non-hydrogen) atoms. The molecular weight excluding hydrogens is 318 g/mol. The van der Waals surface area contributed by atoms with Crippen molar-refractivity contribution in [3.05, 3.63) is 18.0 Å². The standard InChI is InChI=1S/C18H27N5O2/c1-13(2)25-18-12-10-16-21-20-15(23(16)22-18)9-11-17(24)19-14-7-5-3-4-6-8-14/h10,12-14H,3-9,11H2,1-2H3,(H,19,24). The van der Waals surface area contributed by atoms with Crippen molar-refractivity contribution in [3.8, 4) is 5.88 Å². The van der Waals surface area contributed by atoms with Gasteiger partial charge < -0.3 is 10.1 Å². The maximum Gasteiger partial charge on any atom is 0.232 e. The molecule has 1 fully saturated rings. The van der Waals surface area contributed by atoms with Crippen molar-refractivity contribution < 1.29 is 9.53 Å². The number of nitrogens with zero attached hydrogens (tertiary/aromatic N) is 4. The number of hydrogen-bond acceptors (Lipinski definition) is 5. The summed E-state index contributed by atoms with van der Waals surface area (Å²) < 4.78 is 7.28. The predicted molar refractivity (Wildman–Crippen MR) is 94.5 cm³/mol. The summed E-state index contributed by atoms with van der Waals surface area (Å²) in [5, 5.41) is 15.9. The molecule has 1 saturated carbocycles. The average molecular weight is 345 g/mol. The van der Waals surface area contributed by atoms with E-state index in [1.165, 1.54) is 25.7 Å². The highest BCUT2D eigenvalue weighted by molar-refractivity contribution is 5.76. The Morgan fingerprint density at radius 1 is 1.24 bits per heavy atom. The van der Waals surface area contributed by atoms with Crippen LogP contribution in [0, 0.1) is 0 Å². The summed E-state index contributed by atoms with van der Waals surface area (Å²) in [6, 6.07) is 3.94. The number of ether oxygens (including phenoxy) is 1. The Balaban J connectivity index is 1.59. The lowest BCUT2D eigenvalue weighted by atomic mass is 10.1. The smallest absolute Gasteiger partial charge is 0.232 e. The summed E-state index contributed by atoms with van der Waals surface area (Å²) in [5.74, 6) is 1.30. The fourth-order valence-corrected chi connectivity index (χ4v) is 3.23. The fraction of sp³-hybridized carbons (Fsp3) is 0.667. The van der Waals surface area contributed by atoms with Gasteiger partial charge in [-0.2, -0.15) is 4.52 Å². The van der Waals surface area contributed by atoms with Crippen molar-refractivity contribution in [1.82, 2.24) is 25.1 Å². The van der Waals surface area contributed by atoms with Crippen LogP contribution in [0.2, 0.25) is 0 Å². The Bertz CT molecular complexity index is 705. The SMILES string of the molecule is CC(C)Oc1ccc2nnc(CCC(=O)NC3CCCCCC3)n2n1. The number of carbonyl (C=O) groups excluding carboxylic acids is 1. The zero-order valence-corrected chi connectivity index (χ0v) is 15.1. The lowest BCUT2D eigenvalue weighted by Gasteiger charge is -2.15. The molecule has 1 amide bonds. The van der Waals surface area contributed by atoms with Crippen LogP contribution < -0.4 is 10.1 Å². The van der Waals surface area contributed by atoms with Gasteiger partial charge >= 0.3 is 0 Å². The first kappa shape index (κ1) is 17.6. The van der Waals surface area contributed by atoms with E-state index in [4.69, 9.17) is 4.74 Å². The number of aryl methyl sites for hydroxylation is 1. The molecule has 0 unspecified atom stereocenters. The van der Waals surface area contributed by atoms with Crippen molar-refractivity contribution >= 4 is 11.6 Å². The first-order valence-electron chi connectivity index (χ1n) is 9.29. The van der Waals surface area contributed by atoms with Gasteiger partial charge in [-0.25, -0.2) is 0 Å². The molecule has 7 heteroatoms. The zero-order valence-electron chi connectivity index (χ0n) is 15.1. The van der Waals surface area contributed by atoms with Crippen molar-refractivity contribution in [1.29, 1.82) is 0 Å². The molecule has 0 atom stereocenters.